The minimum absolute atomic E-state index is 0.0716. The number of aromatic hydroxyl groups is 1. The Hall–Kier alpha value is -3.11. The van der Waals surface area contributed by atoms with Gasteiger partial charge in [-0.15, -0.1) is 0 Å². The molecule has 28 heavy (non-hydrogen) atoms. The van der Waals surface area contributed by atoms with Crippen LogP contribution in [-0.2, 0) is 24.3 Å². The van der Waals surface area contributed by atoms with Crippen LogP contribution in [0.25, 0.3) is 0 Å². The number of phenolic OH excluding ortho intramolecular Hbond substituents is 1. The molecule has 4 nitrogen and oxygen atoms in total. The Kier molecular flexibility index (Phi) is 6.82. The van der Waals surface area contributed by atoms with Crippen molar-refractivity contribution in [2.75, 3.05) is 11.9 Å². The highest BCUT2D eigenvalue weighted by molar-refractivity contribution is 5.92. The van der Waals surface area contributed by atoms with Crippen LogP contribution in [0.15, 0.2) is 78.9 Å². The highest BCUT2D eigenvalue weighted by Gasteiger charge is 2.07. The largest absolute Gasteiger partial charge is 0.508 e. The van der Waals surface area contributed by atoms with Crippen molar-refractivity contribution in [1.82, 2.24) is 4.90 Å². The monoisotopic (exact) mass is 374 g/mol. The van der Waals surface area contributed by atoms with Gasteiger partial charge in [-0.05, 0) is 47.5 Å². The number of carbonyl (C=O) groups excluding carboxylic acids is 1. The van der Waals surface area contributed by atoms with Crippen molar-refractivity contribution < 1.29 is 9.90 Å². The molecular formula is C24H26N2O2. The van der Waals surface area contributed by atoms with Crippen LogP contribution in [0.4, 0.5) is 5.69 Å². The van der Waals surface area contributed by atoms with Crippen LogP contribution in [0, 0.1) is 0 Å². The number of nitrogens with one attached hydrogen (secondary N) is 1. The lowest BCUT2D eigenvalue weighted by Crippen LogP contribution is -2.22. The number of hydrogen-bond acceptors (Lipinski definition) is 3. The highest BCUT2D eigenvalue weighted by Crippen LogP contribution is 2.15. The summed E-state index contributed by atoms with van der Waals surface area (Å²) in [6, 6.07) is 25.2. The number of amides is 1. The van der Waals surface area contributed by atoms with E-state index >= 15 is 0 Å². The van der Waals surface area contributed by atoms with E-state index in [1.54, 1.807) is 24.3 Å². The molecule has 0 aromatic heterocycles. The average molecular weight is 374 g/mol. The van der Waals surface area contributed by atoms with Crippen LogP contribution in [-0.4, -0.2) is 22.5 Å². The molecule has 0 spiro atoms. The summed E-state index contributed by atoms with van der Waals surface area (Å²) >= 11 is 0. The molecule has 0 radical (unpaired) electrons. The number of anilines is 1. The standard InChI is InChI=1S/C24H26N2O2/c1-2-26(17-20-6-4-3-5-7-20)18-21-8-12-22(13-9-21)25-24(28)16-19-10-14-23(27)15-11-19/h3-15,27H,2,16-18H2,1H3,(H,25,28). The summed E-state index contributed by atoms with van der Waals surface area (Å²) in [6.45, 7) is 4.93. The van der Waals surface area contributed by atoms with E-state index in [0.29, 0.717) is 0 Å². The first-order chi connectivity index (χ1) is 13.6. The molecule has 0 unspecified atom stereocenters. The molecule has 0 heterocycles. The Morgan fingerprint density at radius 2 is 1.39 bits per heavy atom. The number of nitrogens with zero attached hydrogens (tertiary/aromatic N) is 1. The van der Waals surface area contributed by atoms with Gasteiger partial charge in [0.15, 0.2) is 0 Å². The summed E-state index contributed by atoms with van der Waals surface area (Å²) in [6.07, 6.45) is 0.280. The van der Waals surface area contributed by atoms with Gasteiger partial charge in [-0.3, -0.25) is 9.69 Å². The van der Waals surface area contributed by atoms with Gasteiger partial charge in [-0.25, -0.2) is 0 Å². The van der Waals surface area contributed by atoms with E-state index in [-0.39, 0.29) is 18.1 Å². The zero-order valence-corrected chi connectivity index (χ0v) is 16.1. The molecule has 3 aromatic rings. The molecule has 0 saturated carbocycles. The van der Waals surface area contributed by atoms with Crippen molar-refractivity contribution in [3.05, 3.63) is 95.6 Å². The van der Waals surface area contributed by atoms with E-state index in [2.05, 4.69) is 53.5 Å². The average Bonchev–Trinajstić information content (AvgIpc) is 2.71. The lowest BCUT2D eigenvalue weighted by atomic mass is 10.1. The SMILES string of the molecule is CCN(Cc1ccccc1)Cc1ccc(NC(=O)Cc2ccc(O)cc2)cc1. The van der Waals surface area contributed by atoms with Gasteiger partial charge in [-0.2, -0.15) is 0 Å². The van der Waals surface area contributed by atoms with E-state index in [0.717, 1.165) is 30.9 Å². The predicted octanol–water partition coefficient (Wildman–Crippen LogP) is 4.60. The molecular weight excluding hydrogens is 348 g/mol. The van der Waals surface area contributed by atoms with Crippen molar-refractivity contribution in [3.63, 3.8) is 0 Å². The lowest BCUT2D eigenvalue weighted by Gasteiger charge is -2.20. The maximum Gasteiger partial charge on any atom is 0.228 e. The van der Waals surface area contributed by atoms with Crippen molar-refractivity contribution in [2.24, 2.45) is 0 Å². The molecule has 3 rings (SSSR count). The van der Waals surface area contributed by atoms with Gasteiger partial charge < -0.3 is 10.4 Å². The third kappa shape index (κ3) is 5.96. The number of rotatable bonds is 8. The minimum Gasteiger partial charge on any atom is -0.508 e. The summed E-state index contributed by atoms with van der Waals surface area (Å²) in [4.78, 5) is 14.6. The molecule has 4 heteroatoms. The molecule has 1 amide bonds. The van der Waals surface area contributed by atoms with Gasteiger partial charge in [0.25, 0.3) is 0 Å². The molecule has 0 fully saturated rings. The zero-order valence-electron chi connectivity index (χ0n) is 16.1. The fraction of sp³-hybridized carbons (Fsp3) is 0.208. The maximum atomic E-state index is 12.2. The Morgan fingerprint density at radius 1 is 0.821 bits per heavy atom. The fourth-order valence-electron chi connectivity index (χ4n) is 3.08. The van der Waals surface area contributed by atoms with Gasteiger partial charge in [0.2, 0.25) is 5.91 Å². The summed E-state index contributed by atoms with van der Waals surface area (Å²) in [5.74, 6) is 0.130. The highest BCUT2D eigenvalue weighted by atomic mass is 16.3. The molecule has 0 atom stereocenters. The molecule has 0 aliphatic rings. The molecule has 0 aliphatic carbocycles. The van der Waals surface area contributed by atoms with Crippen molar-refractivity contribution >= 4 is 11.6 Å². The zero-order chi connectivity index (χ0) is 19.8. The Morgan fingerprint density at radius 3 is 2.00 bits per heavy atom. The van der Waals surface area contributed by atoms with E-state index in [4.69, 9.17) is 0 Å². The number of carbonyl (C=O) groups is 1. The molecule has 0 aliphatic heterocycles. The third-order valence-corrected chi connectivity index (χ3v) is 4.64. The summed E-state index contributed by atoms with van der Waals surface area (Å²) in [5, 5.41) is 12.2. The molecule has 0 bridgehead atoms. The van der Waals surface area contributed by atoms with Gasteiger partial charge in [0.1, 0.15) is 5.75 Å². The van der Waals surface area contributed by atoms with Crippen LogP contribution in [0.2, 0.25) is 0 Å². The Balaban J connectivity index is 1.53. The normalized spacial score (nSPS) is 10.8. The van der Waals surface area contributed by atoms with Crippen LogP contribution >= 0.6 is 0 Å². The molecule has 0 saturated heterocycles. The Bertz CT molecular complexity index is 875. The minimum atomic E-state index is -0.0716. The van der Waals surface area contributed by atoms with Gasteiger partial charge in [-0.1, -0.05) is 61.5 Å². The van der Waals surface area contributed by atoms with Crippen LogP contribution in [0.5, 0.6) is 5.75 Å². The summed E-state index contributed by atoms with van der Waals surface area (Å²) < 4.78 is 0. The fourth-order valence-corrected chi connectivity index (χ4v) is 3.08. The van der Waals surface area contributed by atoms with Crippen LogP contribution < -0.4 is 5.32 Å². The van der Waals surface area contributed by atoms with Gasteiger partial charge in [0, 0.05) is 18.8 Å². The second-order valence-corrected chi connectivity index (χ2v) is 6.88. The predicted molar refractivity (Wildman–Crippen MR) is 113 cm³/mol. The topological polar surface area (TPSA) is 52.6 Å². The van der Waals surface area contributed by atoms with E-state index in [1.165, 1.54) is 11.1 Å². The number of phenols is 1. The molecule has 144 valence electrons. The van der Waals surface area contributed by atoms with E-state index in [9.17, 15) is 9.90 Å². The van der Waals surface area contributed by atoms with E-state index < -0.39 is 0 Å². The van der Waals surface area contributed by atoms with Crippen molar-refractivity contribution in [1.29, 1.82) is 0 Å². The van der Waals surface area contributed by atoms with E-state index in [1.807, 2.05) is 18.2 Å². The smallest absolute Gasteiger partial charge is 0.228 e. The van der Waals surface area contributed by atoms with Gasteiger partial charge >= 0.3 is 0 Å². The first-order valence-corrected chi connectivity index (χ1v) is 9.55. The second kappa shape index (κ2) is 9.72. The van der Waals surface area contributed by atoms with Gasteiger partial charge in [0.05, 0.1) is 6.42 Å². The summed E-state index contributed by atoms with van der Waals surface area (Å²) in [5.41, 5.74) is 4.18. The first kappa shape index (κ1) is 19.6. The number of hydrogen-bond donors (Lipinski definition) is 2. The number of benzene rings is 3. The van der Waals surface area contributed by atoms with Crippen molar-refractivity contribution in [3.8, 4) is 5.75 Å². The van der Waals surface area contributed by atoms with Crippen molar-refractivity contribution in [2.45, 2.75) is 26.4 Å². The first-order valence-electron chi connectivity index (χ1n) is 9.55. The molecule has 2 N–H and O–H groups in total. The maximum absolute atomic E-state index is 12.2. The third-order valence-electron chi connectivity index (χ3n) is 4.64. The lowest BCUT2D eigenvalue weighted by molar-refractivity contribution is -0.115. The van der Waals surface area contributed by atoms with Crippen LogP contribution in [0.1, 0.15) is 23.6 Å². The quantitative estimate of drug-likeness (QED) is 0.606. The van der Waals surface area contributed by atoms with Crippen LogP contribution in [0.3, 0.4) is 0 Å². The second-order valence-electron chi connectivity index (χ2n) is 6.88. The Labute approximate surface area is 166 Å². The summed E-state index contributed by atoms with van der Waals surface area (Å²) in [7, 11) is 0. The molecule has 3 aromatic carbocycles.